The zero-order chi connectivity index (χ0) is 14.1. The first-order valence-corrected chi connectivity index (χ1v) is 6.71. The minimum absolute atomic E-state index is 0.190. The van der Waals surface area contributed by atoms with E-state index >= 15 is 0 Å². The van der Waals surface area contributed by atoms with Crippen LogP contribution in [0.5, 0.6) is 0 Å². The van der Waals surface area contributed by atoms with Crippen molar-refractivity contribution in [2.45, 2.75) is 20.0 Å². The standard InChI is InChI=1S/C17H17FN2/c1-12-8-14-4-2-3-5-17(14)20(12)11-15-7-6-13(10-19)9-16(15)18/h2-9H,10-11,19H2,1H3. The van der Waals surface area contributed by atoms with Gasteiger partial charge >= 0.3 is 0 Å². The molecular weight excluding hydrogens is 251 g/mol. The van der Waals surface area contributed by atoms with Gasteiger partial charge in [-0.05, 0) is 36.1 Å². The molecule has 20 heavy (non-hydrogen) atoms. The SMILES string of the molecule is Cc1cc2ccccc2n1Cc1ccc(CN)cc1F. The van der Waals surface area contributed by atoms with Gasteiger partial charge in [0.2, 0.25) is 0 Å². The molecule has 1 aromatic heterocycles. The third-order valence-corrected chi connectivity index (χ3v) is 3.70. The Morgan fingerprint density at radius 3 is 2.65 bits per heavy atom. The Morgan fingerprint density at radius 2 is 1.90 bits per heavy atom. The summed E-state index contributed by atoms with van der Waals surface area (Å²) in [6.45, 7) is 2.95. The van der Waals surface area contributed by atoms with Crippen molar-refractivity contribution >= 4 is 10.9 Å². The van der Waals surface area contributed by atoms with Gasteiger partial charge in [-0.2, -0.15) is 0 Å². The highest BCUT2D eigenvalue weighted by Gasteiger charge is 2.09. The number of benzene rings is 2. The van der Waals surface area contributed by atoms with E-state index in [1.54, 1.807) is 0 Å². The van der Waals surface area contributed by atoms with E-state index in [0.29, 0.717) is 18.7 Å². The summed E-state index contributed by atoms with van der Waals surface area (Å²) in [4.78, 5) is 0. The van der Waals surface area contributed by atoms with Gasteiger partial charge in [-0.25, -0.2) is 4.39 Å². The number of nitrogens with two attached hydrogens (primary N) is 1. The molecule has 0 aliphatic rings. The number of aryl methyl sites for hydroxylation is 1. The molecule has 0 amide bonds. The number of para-hydroxylation sites is 1. The smallest absolute Gasteiger partial charge is 0.128 e. The molecule has 0 saturated heterocycles. The predicted octanol–water partition coefficient (Wildman–Crippen LogP) is 3.60. The Hall–Kier alpha value is -2.13. The second kappa shape index (κ2) is 5.10. The maximum atomic E-state index is 14.1. The number of hydrogen-bond acceptors (Lipinski definition) is 1. The predicted molar refractivity (Wildman–Crippen MR) is 80.1 cm³/mol. The van der Waals surface area contributed by atoms with E-state index in [9.17, 15) is 4.39 Å². The lowest BCUT2D eigenvalue weighted by molar-refractivity contribution is 0.598. The molecule has 0 unspecified atom stereocenters. The summed E-state index contributed by atoms with van der Waals surface area (Å²) in [5, 5.41) is 1.18. The summed E-state index contributed by atoms with van der Waals surface area (Å²) in [5.74, 6) is -0.190. The zero-order valence-electron chi connectivity index (χ0n) is 11.4. The average Bonchev–Trinajstić information content (AvgIpc) is 2.77. The van der Waals surface area contributed by atoms with E-state index in [0.717, 1.165) is 16.8 Å². The fourth-order valence-electron chi connectivity index (χ4n) is 2.57. The maximum Gasteiger partial charge on any atom is 0.128 e. The van der Waals surface area contributed by atoms with Gasteiger partial charge in [0.25, 0.3) is 0 Å². The average molecular weight is 268 g/mol. The second-order valence-corrected chi connectivity index (χ2v) is 5.06. The molecule has 0 aliphatic heterocycles. The molecule has 0 aliphatic carbocycles. The van der Waals surface area contributed by atoms with Crippen LogP contribution in [0.2, 0.25) is 0 Å². The van der Waals surface area contributed by atoms with Crippen LogP contribution in [0.25, 0.3) is 10.9 Å². The Labute approximate surface area is 117 Å². The van der Waals surface area contributed by atoms with Crippen LogP contribution in [0.1, 0.15) is 16.8 Å². The molecule has 3 heteroatoms. The summed E-state index contributed by atoms with van der Waals surface area (Å²) in [5.41, 5.74) is 9.30. The first-order valence-electron chi connectivity index (χ1n) is 6.71. The highest BCUT2D eigenvalue weighted by molar-refractivity contribution is 5.81. The van der Waals surface area contributed by atoms with Crippen molar-refractivity contribution in [3.05, 3.63) is 71.2 Å². The fraction of sp³-hybridized carbons (Fsp3) is 0.176. The van der Waals surface area contributed by atoms with Crippen LogP contribution >= 0.6 is 0 Å². The number of aromatic nitrogens is 1. The van der Waals surface area contributed by atoms with E-state index in [4.69, 9.17) is 5.73 Å². The van der Waals surface area contributed by atoms with E-state index in [2.05, 4.69) is 22.8 Å². The van der Waals surface area contributed by atoms with Gasteiger partial charge in [0.1, 0.15) is 5.82 Å². The van der Waals surface area contributed by atoms with Gasteiger partial charge in [-0.1, -0.05) is 30.3 Å². The van der Waals surface area contributed by atoms with Gasteiger partial charge in [-0.15, -0.1) is 0 Å². The Morgan fingerprint density at radius 1 is 1.10 bits per heavy atom. The Kier molecular flexibility index (Phi) is 3.28. The molecule has 0 bridgehead atoms. The van der Waals surface area contributed by atoms with Crippen LogP contribution in [-0.4, -0.2) is 4.57 Å². The second-order valence-electron chi connectivity index (χ2n) is 5.06. The highest BCUT2D eigenvalue weighted by Crippen LogP contribution is 2.21. The topological polar surface area (TPSA) is 30.9 Å². The summed E-state index contributed by atoms with van der Waals surface area (Å²) < 4.78 is 16.2. The summed E-state index contributed by atoms with van der Waals surface area (Å²) in [6, 6.07) is 15.5. The number of hydrogen-bond donors (Lipinski definition) is 1. The van der Waals surface area contributed by atoms with Crippen molar-refractivity contribution in [1.82, 2.24) is 4.57 Å². The Bertz CT molecular complexity index is 759. The quantitative estimate of drug-likeness (QED) is 0.773. The molecule has 0 radical (unpaired) electrons. The summed E-state index contributed by atoms with van der Waals surface area (Å²) >= 11 is 0. The molecule has 2 nitrogen and oxygen atoms in total. The fourth-order valence-corrected chi connectivity index (χ4v) is 2.57. The van der Waals surface area contributed by atoms with Gasteiger partial charge in [0.15, 0.2) is 0 Å². The van der Waals surface area contributed by atoms with Gasteiger partial charge in [0, 0.05) is 23.3 Å². The van der Waals surface area contributed by atoms with E-state index in [1.165, 1.54) is 11.5 Å². The Balaban J connectivity index is 2.03. The van der Waals surface area contributed by atoms with Crippen molar-refractivity contribution in [3.8, 4) is 0 Å². The van der Waals surface area contributed by atoms with E-state index in [1.807, 2.05) is 31.2 Å². The first-order chi connectivity index (χ1) is 9.69. The summed E-state index contributed by atoms with van der Waals surface area (Å²) in [7, 11) is 0. The van der Waals surface area contributed by atoms with Crippen molar-refractivity contribution in [1.29, 1.82) is 0 Å². The molecule has 1 heterocycles. The molecule has 0 fully saturated rings. The molecule has 0 spiro atoms. The zero-order valence-corrected chi connectivity index (χ0v) is 11.4. The summed E-state index contributed by atoms with van der Waals surface area (Å²) in [6.07, 6.45) is 0. The van der Waals surface area contributed by atoms with Gasteiger partial charge in [0.05, 0.1) is 6.54 Å². The number of nitrogens with zero attached hydrogens (tertiary/aromatic N) is 1. The number of fused-ring (bicyclic) bond motifs is 1. The highest BCUT2D eigenvalue weighted by atomic mass is 19.1. The lowest BCUT2D eigenvalue weighted by Crippen LogP contribution is -2.05. The number of rotatable bonds is 3. The van der Waals surface area contributed by atoms with Crippen LogP contribution in [-0.2, 0) is 13.1 Å². The van der Waals surface area contributed by atoms with Crippen LogP contribution in [0.3, 0.4) is 0 Å². The van der Waals surface area contributed by atoms with Crippen molar-refractivity contribution < 1.29 is 4.39 Å². The van der Waals surface area contributed by atoms with Crippen LogP contribution in [0, 0.1) is 12.7 Å². The normalized spacial score (nSPS) is 11.2. The molecule has 3 aromatic rings. The first kappa shape index (κ1) is 12.9. The van der Waals surface area contributed by atoms with Crippen LogP contribution in [0.15, 0.2) is 48.5 Å². The lowest BCUT2D eigenvalue weighted by Gasteiger charge is -2.10. The third kappa shape index (κ3) is 2.21. The molecule has 0 saturated carbocycles. The monoisotopic (exact) mass is 268 g/mol. The van der Waals surface area contributed by atoms with E-state index < -0.39 is 0 Å². The van der Waals surface area contributed by atoms with Crippen LogP contribution < -0.4 is 5.73 Å². The molecule has 2 aromatic carbocycles. The lowest BCUT2D eigenvalue weighted by atomic mass is 10.1. The van der Waals surface area contributed by atoms with Crippen molar-refractivity contribution in [3.63, 3.8) is 0 Å². The molecule has 2 N–H and O–H groups in total. The maximum absolute atomic E-state index is 14.1. The largest absolute Gasteiger partial charge is 0.340 e. The van der Waals surface area contributed by atoms with Gasteiger partial charge < -0.3 is 10.3 Å². The minimum Gasteiger partial charge on any atom is -0.340 e. The third-order valence-electron chi connectivity index (χ3n) is 3.70. The van der Waals surface area contributed by atoms with Crippen molar-refractivity contribution in [2.24, 2.45) is 5.73 Å². The molecular formula is C17H17FN2. The molecule has 3 rings (SSSR count). The van der Waals surface area contributed by atoms with Crippen LogP contribution in [0.4, 0.5) is 4.39 Å². The molecule has 102 valence electrons. The minimum atomic E-state index is -0.190. The van der Waals surface area contributed by atoms with Crippen molar-refractivity contribution in [2.75, 3.05) is 0 Å². The molecule has 0 atom stereocenters. The van der Waals surface area contributed by atoms with E-state index in [-0.39, 0.29) is 5.82 Å². The number of halogens is 1. The van der Waals surface area contributed by atoms with Gasteiger partial charge in [-0.3, -0.25) is 0 Å².